The van der Waals surface area contributed by atoms with E-state index in [0.717, 1.165) is 28.8 Å². The van der Waals surface area contributed by atoms with Crippen LogP contribution in [-0.4, -0.2) is 41.4 Å². The maximum absolute atomic E-state index is 11.5. The summed E-state index contributed by atoms with van der Waals surface area (Å²) in [6.45, 7) is 4.75. The number of aliphatic carboxylic acids is 1. The summed E-state index contributed by atoms with van der Waals surface area (Å²) in [6.07, 6.45) is 1.47. The average molecular weight is 509 g/mol. The maximum Gasteiger partial charge on any atom is 0.347 e. The second kappa shape index (κ2) is 11.4. The molecule has 0 unspecified atom stereocenters. The molecular formula is C28H29ClN2O5. The Hall–Kier alpha value is -3.71. The monoisotopic (exact) mass is 508 g/mol. The quantitative estimate of drug-likeness (QED) is 0.242. The molecular weight excluding hydrogens is 480 g/mol. The van der Waals surface area contributed by atoms with Gasteiger partial charge in [-0.15, -0.1) is 0 Å². The van der Waals surface area contributed by atoms with Crippen molar-refractivity contribution in [3.63, 3.8) is 0 Å². The van der Waals surface area contributed by atoms with Crippen molar-refractivity contribution in [2.75, 3.05) is 24.6 Å². The number of hydrogen-bond acceptors (Lipinski definition) is 6. The second-order valence-corrected chi connectivity index (χ2v) is 9.32. The van der Waals surface area contributed by atoms with Gasteiger partial charge >= 0.3 is 5.97 Å². The lowest BCUT2D eigenvalue weighted by atomic mass is 10.1. The van der Waals surface area contributed by atoms with Crippen LogP contribution >= 0.6 is 11.6 Å². The number of nitrogens with zero attached hydrogens (tertiary/aromatic N) is 2. The second-order valence-electron chi connectivity index (χ2n) is 8.88. The molecule has 1 heterocycles. The molecule has 7 nitrogen and oxygen atoms in total. The van der Waals surface area contributed by atoms with Crippen molar-refractivity contribution in [1.29, 1.82) is 0 Å². The Morgan fingerprint density at radius 1 is 1.03 bits per heavy atom. The van der Waals surface area contributed by atoms with Crippen molar-refractivity contribution in [2.45, 2.75) is 32.3 Å². The molecule has 3 aromatic carbocycles. The summed E-state index contributed by atoms with van der Waals surface area (Å²) in [7, 11) is 0. The minimum Gasteiger partial charge on any atom is -0.492 e. The molecule has 0 aliphatic heterocycles. The van der Waals surface area contributed by atoms with Gasteiger partial charge in [0.05, 0.1) is 6.54 Å². The summed E-state index contributed by atoms with van der Waals surface area (Å²) in [5.41, 5.74) is 1.15. The lowest BCUT2D eigenvalue weighted by Gasteiger charge is -2.24. The van der Waals surface area contributed by atoms with Crippen molar-refractivity contribution >= 4 is 34.7 Å². The van der Waals surface area contributed by atoms with Crippen LogP contribution in [0.4, 0.5) is 6.01 Å². The minimum absolute atomic E-state index is 0.437. The fraction of sp³-hybridized carbons (Fsp3) is 0.286. The van der Waals surface area contributed by atoms with Crippen molar-refractivity contribution in [2.24, 2.45) is 0 Å². The van der Waals surface area contributed by atoms with Crippen molar-refractivity contribution < 1.29 is 23.8 Å². The SMILES string of the molecule is CC(C)(Oc1ccccc1CCCN(CCOc1ccc(Cl)cc1)c1nc2ccccc2o1)C(=O)O. The number of benzene rings is 3. The van der Waals surface area contributed by atoms with E-state index in [4.69, 9.17) is 25.5 Å². The minimum atomic E-state index is -1.32. The topological polar surface area (TPSA) is 85.0 Å². The van der Waals surface area contributed by atoms with Gasteiger partial charge in [0.1, 0.15) is 23.6 Å². The number of rotatable bonds is 12. The summed E-state index contributed by atoms with van der Waals surface area (Å²) < 4.78 is 17.7. The Balaban J connectivity index is 1.44. The van der Waals surface area contributed by atoms with Crippen LogP contribution in [0.3, 0.4) is 0 Å². The van der Waals surface area contributed by atoms with Gasteiger partial charge in [0, 0.05) is 11.6 Å². The largest absolute Gasteiger partial charge is 0.492 e. The molecule has 0 atom stereocenters. The van der Waals surface area contributed by atoms with Gasteiger partial charge < -0.3 is 23.9 Å². The number of carboxylic acids is 1. The molecule has 0 bridgehead atoms. The number of aromatic nitrogens is 1. The third kappa shape index (κ3) is 6.49. The van der Waals surface area contributed by atoms with E-state index in [1.165, 1.54) is 0 Å². The van der Waals surface area contributed by atoms with E-state index in [1.807, 2.05) is 54.6 Å². The van der Waals surface area contributed by atoms with Crippen molar-refractivity contribution in [3.05, 3.63) is 83.4 Å². The maximum atomic E-state index is 11.5. The smallest absolute Gasteiger partial charge is 0.347 e. The van der Waals surface area contributed by atoms with Gasteiger partial charge in [-0.2, -0.15) is 4.98 Å². The molecule has 36 heavy (non-hydrogen) atoms. The molecule has 0 amide bonds. The Labute approximate surface area is 215 Å². The van der Waals surface area contributed by atoms with Gasteiger partial charge in [0.15, 0.2) is 11.2 Å². The average Bonchev–Trinajstić information content (AvgIpc) is 3.29. The number of aryl methyl sites for hydroxylation is 1. The summed E-state index contributed by atoms with van der Waals surface area (Å²) in [6, 6.07) is 23.0. The summed E-state index contributed by atoms with van der Waals surface area (Å²) in [4.78, 5) is 18.2. The Bertz CT molecular complexity index is 1270. The van der Waals surface area contributed by atoms with Gasteiger partial charge in [-0.25, -0.2) is 4.79 Å². The van der Waals surface area contributed by atoms with Crippen LogP contribution < -0.4 is 14.4 Å². The third-order valence-corrected chi connectivity index (χ3v) is 5.98. The number of fused-ring (bicyclic) bond motifs is 1. The van der Waals surface area contributed by atoms with Gasteiger partial charge in [0.2, 0.25) is 0 Å². The fourth-order valence-electron chi connectivity index (χ4n) is 3.69. The van der Waals surface area contributed by atoms with E-state index in [0.29, 0.717) is 42.9 Å². The van der Waals surface area contributed by atoms with E-state index in [1.54, 1.807) is 32.0 Å². The normalized spacial score (nSPS) is 11.4. The van der Waals surface area contributed by atoms with Gasteiger partial charge in [-0.05, 0) is 74.7 Å². The van der Waals surface area contributed by atoms with Crippen LogP contribution in [0.5, 0.6) is 11.5 Å². The highest BCUT2D eigenvalue weighted by Crippen LogP contribution is 2.26. The van der Waals surface area contributed by atoms with E-state index in [9.17, 15) is 9.90 Å². The fourth-order valence-corrected chi connectivity index (χ4v) is 3.82. The zero-order valence-electron chi connectivity index (χ0n) is 20.3. The number of oxazole rings is 1. The first-order chi connectivity index (χ1) is 17.3. The standard InChI is InChI=1S/C28H29ClN2O5/c1-28(2,26(32)33)36-24-11-5-3-8-20(24)9-7-17-31(18-19-34-22-15-13-21(29)14-16-22)27-30-23-10-4-6-12-25(23)35-27/h3-6,8,10-16H,7,9,17-19H2,1-2H3,(H,32,33). The predicted molar refractivity (Wildman–Crippen MR) is 140 cm³/mol. The van der Waals surface area contributed by atoms with E-state index in [2.05, 4.69) is 9.88 Å². The molecule has 0 spiro atoms. The zero-order valence-corrected chi connectivity index (χ0v) is 21.1. The Morgan fingerprint density at radius 2 is 1.75 bits per heavy atom. The Kier molecular flexibility index (Phi) is 8.00. The molecule has 0 saturated carbocycles. The summed E-state index contributed by atoms with van der Waals surface area (Å²) in [5.74, 6) is 0.300. The molecule has 1 aromatic heterocycles. The van der Waals surface area contributed by atoms with E-state index in [-0.39, 0.29) is 0 Å². The molecule has 4 rings (SSSR count). The molecule has 0 radical (unpaired) electrons. The van der Waals surface area contributed by atoms with E-state index < -0.39 is 11.6 Å². The number of anilines is 1. The molecule has 8 heteroatoms. The highest BCUT2D eigenvalue weighted by molar-refractivity contribution is 6.30. The number of carbonyl (C=O) groups is 1. The summed E-state index contributed by atoms with van der Waals surface area (Å²) in [5, 5.41) is 10.1. The zero-order chi connectivity index (χ0) is 25.5. The molecule has 1 N–H and O–H groups in total. The number of hydrogen-bond donors (Lipinski definition) is 1. The van der Waals surface area contributed by atoms with Crippen LogP contribution in [0, 0.1) is 0 Å². The molecule has 4 aromatic rings. The number of carboxylic acid groups (broad SMARTS) is 1. The molecule has 0 aliphatic rings. The Morgan fingerprint density at radius 3 is 2.50 bits per heavy atom. The molecule has 188 valence electrons. The van der Waals surface area contributed by atoms with E-state index >= 15 is 0 Å². The lowest BCUT2D eigenvalue weighted by molar-refractivity contribution is -0.152. The molecule has 0 fully saturated rings. The van der Waals surface area contributed by atoms with Crippen LogP contribution in [-0.2, 0) is 11.2 Å². The molecule has 0 saturated heterocycles. The first kappa shape index (κ1) is 25.4. The van der Waals surface area contributed by atoms with Gasteiger partial charge in [-0.1, -0.05) is 41.9 Å². The van der Waals surface area contributed by atoms with Crippen LogP contribution in [0.2, 0.25) is 5.02 Å². The summed E-state index contributed by atoms with van der Waals surface area (Å²) >= 11 is 5.96. The van der Waals surface area contributed by atoms with Crippen molar-refractivity contribution in [3.8, 4) is 11.5 Å². The third-order valence-electron chi connectivity index (χ3n) is 5.72. The lowest BCUT2D eigenvalue weighted by Crippen LogP contribution is -2.38. The van der Waals surface area contributed by atoms with Crippen molar-refractivity contribution in [1.82, 2.24) is 4.98 Å². The van der Waals surface area contributed by atoms with Crippen LogP contribution in [0.25, 0.3) is 11.1 Å². The highest BCUT2D eigenvalue weighted by Gasteiger charge is 2.30. The molecule has 0 aliphatic carbocycles. The highest BCUT2D eigenvalue weighted by atomic mass is 35.5. The number of halogens is 1. The number of ether oxygens (including phenoxy) is 2. The first-order valence-electron chi connectivity index (χ1n) is 11.8. The first-order valence-corrected chi connectivity index (χ1v) is 12.2. The van der Waals surface area contributed by atoms with Gasteiger partial charge in [0.25, 0.3) is 6.01 Å². The number of para-hydroxylation sites is 3. The predicted octanol–water partition coefficient (Wildman–Crippen LogP) is 6.24. The van der Waals surface area contributed by atoms with Crippen LogP contribution in [0.15, 0.2) is 77.2 Å². The van der Waals surface area contributed by atoms with Crippen LogP contribution in [0.1, 0.15) is 25.8 Å². The van der Waals surface area contributed by atoms with Gasteiger partial charge in [-0.3, -0.25) is 0 Å².